The molecule has 2 heterocycles. The summed E-state index contributed by atoms with van der Waals surface area (Å²) in [6.45, 7) is 7.93. The zero-order valence-corrected chi connectivity index (χ0v) is 17.8. The Bertz CT molecular complexity index is 941. The molecule has 29 heavy (non-hydrogen) atoms. The molecule has 160 valence electrons. The molecule has 0 spiro atoms. The smallest absolute Gasteiger partial charge is 0.330 e. The molecule has 2 aromatic heterocycles. The number of rotatable bonds is 9. The summed E-state index contributed by atoms with van der Waals surface area (Å²) in [6.07, 6.45) is 6.76. The molecule has 8 heteroatoms. The first kappa shape index (κ1) is 21.2. The van der Waals surface area contributed by atoms with Crippen LogP contribution in [0.5, 0.6) is 0 Å². The van der Waals surface area contributed by atoms with Gasteiger partial charge in [0.2, 0.25) is 0 Å². The van der Waals surface area contributed by atoms with Crippen LogP contribution >= 0.6 is 0 Å². The van der Waals surface area contributed by atoms with Crippen molar-refractivity contribution in [2.75, 3.05) is 17.2 Å². The number of aromatic nitrogens is 3. The number of fused-ring (bicyclic) bond motifs is 1. The van der Waals surface area contributed by atoms with Crippen molar-refractivity contribution in [2.24, 2.45) is 5.92 Å². The molecule has 0 aromatic carbocycles. The minimum Gasteiger partial charge on any atom is -0.383 e. The lowest BCUT2D eigenvalue weighted by atomic mass is 9.96. The van der Waals surface area contributed by atoms with Gasteiger partial charge >= 0.3 is 5.69 Å². The number of H-pyrrole nitrogens is 1. The monoisotopic (exact) mass is 403 g/mol. The molecule has 8 nitrogen and oxygen atoms in total. The van der Waals surface area contributed by atoms with Crippen LogP contribution in [0.3, 0.4) is 0 Å². The second-order valence-electron chi connectivity index (χ2n) is 8.34. The topological polar surface area (TPSA) is 110 Å². The highest BCUT2D eigenvalue weighted by atomic mass is 16.5. The Balaban J connectivity index is 1.99. The molecule has 0 saturated carbocycles. The van der Waals surface area contributed by atoms with Crippen molar-refractivity contribution in [1.29, 1.82) is 0 Å². The number of hydrogen-bond donors (Lipinski definition) is 2. The van der Waals surface area contributed by atoms with E-state index in [2.05, 4.69) is 30.9 Å². The Labute approximate surface area is 171 Å². The van der Waals surface area contributed by atoms with Crippen molar-refractivity contribution < 1.29 is 4.52 Å². The second kappa shape index (κ2) is 9.33. The van der Waals surface area contributed by atoms with Crippen LogP contribution in [0.2, 0.25) is 0 Å². The van der Waals surface area contributed by atoms with Crippen molar-refractivity contribution in [1.82, 2.24) is 14.7 Å². The number of unbranched alkanes of at least 4 members (excludes halogenated alkanes) is 1. The van der Waals surface area contributed by atoms with Crippen molar-refractivity contribution in [3.05, 3.63) is 37.9 Å². The third kappa shape index (κ3) is 4.74. The van der Waals surface area contributed by atoms with Gasteiger partial charge in [-0.1, -0.05) is 32.3 Å². The molecule has 0 unspecified atom stereocenters. The third-order valence-corrected chi connectivity index (χ3v) is 5.61. The van der Waals surface area contributed by atoms with Gasteiger partial charge in [0.15, 0.2) is 0 Å². The predicted molar refractivity (Wildman–Crippen MR) is 114 cm³/mol. The van der Waals surface area contributed by atoms with E-state index in [0.717, 1.165) is 56.4 Å². The minimum absolute atomic E-state index is 0.230. The van der Waals surface area contributed by atoms with Gasteiger partial charge in [0.05, 0.1) is 6.54 Å². The summed E-state index contributed by atoms with van der Waals surface area (Å²) in [6, 6.07) is 0. The average Bonchev–Trinajstić information content (AvgIpc) is 3.08. The fourth-order valence-corrected chi connectivity index (χ4v) is 3.86. The van der Waals surface area contributed by atoms with E-state index in [0.29, 0.717) is 31.2 Å². The zero-order valence-electron chi connectivity index (χ0n) is 17.8. The van der Waals surface area contributed by atoms with E-state index in [-0.39, 0.29) is 5.82 Å². The lowest BCUT2D eigenvalue weighted by molar-refractivity contribution is 0.367. The number of nitrogens with one attached hydrogen (secondary N) is 1. The molecular formula is C21H33N5O3. The molecule has 3 N–H and O–H groups in total. The summed E-state index contributed by atoms with van der Waals surface area (Å²) in [5.41, 5.74) is 7.85. The van der Waals surface area contributed by atoms with E-state index in [1.54, 1.807) is 0 Å². The number of nitrogens with zero attached hydrogens (tertiary/aromatic N) is 3. The van der Waals surface area contributed by atoms with Gasteiger partial charge in [-0.3, -0.25) is 14.3 Å². The predicted octanol–water partition coefficient (Wildman–Crippen LogP) is 2.84. The van der Waals surface area contributed by atoms with Crippen molar-refractivity contribution in [3.63, 3.8) is 0 Å². The molecule has 0 saturated heterocycles. The summed E-state index contributed by atoms with van der Waals surface area (Å²) in [4.78, 5) is 29.5. The van der Waals surface area contributed by atoms with Crippen LogP contribution in [0.1, 0.15) is 69.9 Å². The van der Waals surface area contributed by atoms with E-state index in [4.69, 9.17) is 10.3 Å². The van der Waals surface area contributed by atoms with Gasteiger partial charge in [-0.2, -0.15) is 0 Å². The van der Waals surface area contributed by atoms with Crippen LogP contribution in [-0.2, 0) is 25.9 Å². The Hall–Kier alpha value is -2.51. The summed E-state index contributed by atoms with van der Waals surface area (Å²) >= 11 is 0. The van der Waals surface area contributed by atoms with Crippen molar-refractivity contribution in [2.45, 2.75) is 78.8 Å². The molecule has 1 aliphatic rings. The maximum atomic E-state index is 12.8. The van der Waals surface area contributed by atoms with E-state index in [1.807, 2.05) is 4.90 Å². The second-order valence-corrected chi connectivity index (χ2v) is 8.34. The summed E-state index contributed by atoms with van der Waals surface area (Å²) in [7, 11) is 0. The van der Waals surface area contributed by atoms with E-state index in [9.17, 15) is 9.59 Å². The van der Waals surface area contributed by atoms with Gasteiger partial charge < -0.3 is 15.2 Å². The molecule has 0 bridgehead atoms. The summed E-state index contributed by atoms with van der Waals surface area (Å²) in [5.74, 6) is 1.66. The average molecular weight is 404 g/mol. The largest absolute Gasteiger partial charge is 0.383 e. The Kier molecular flexibility index (Phi) is 6.82. The summed E-state index contributed by atoms with van der Waals surface area (Å²) < 4.78 is 7.03. The fraction of sp³-hybridized carbons (Fsp3) is 0.667. The lowest BCUT2D eigenvalue weighted by Crippen LogP contribution is -2.39. The Morgan fingerprint density at radius 2 is 2.03 bits per heavy atom. The van der Waals surface area contributed by atoms with Crippen LogP contribution in [0.15, 0.2) is 14.1 Å². The standard InChI is InChI=1S/C21H33N5O3/c1-4-5-11-26-19(22)18(20(27)23-21(26)28)25(12-10-14(2)3)13-16-15-8-6-7-9-17(15)29-24-16/h14H,4-13,22H2,1-3H3,(H,23,27,28). The number of hydrogen-bond acceptors (Lipinski definition) is 6. The fourth-order valence-electron chi connectivity index (χ4n) is 3.86. The number of aryl methyl sites for hydroxylation is 1. The number of aromatic amines is 1. The first-order chi connectivity index (χ1) is 13.9. The van der Waals surface area contributed by atoms with Gasteiger partial charge in [0, 0.05) is 25.1 Å². The quantitative estimate of drug-likeness (QED) is 0.666. The molecule has 3 rings (SSSR count). The van der Waals surface area contributed by atoms with Gasteiger partial charge in [-0.05, 0) is 38.0 Å². The van der Waals surface area contributed by atoms with E-state index < -0.39 is 11.2 Å². The number of nitrogen functional groups attached to an aromatic ring is 1. The van der Waals surface area contributed by atoms with E-state index in [1.165, 1.54) is 10.1 Å². The minimum atomic E-state index is -0.452. The molecule has 2 aromatic rings. The van der Waals surface area contributed by atoms with Crippen LogP contribution in [-0.4, -0.2) is 21.3 Å². The third-order valence-electron chi connectivity index (χ3n) is 5.61. The van der Waals surface area contributed by atoms with Gasteiger partial charge in [0.1, 0.15) is 23.0 Å². The van der Waals surface area contributed by atoms with Crippen LogP contribution < -0.4 is 21.9 Å². The SMILES string of the molecule is CCCCn1c(N)c(N(CCC(C)C)Cc2noc3c2CCCC3)c(=O)[nH]c1=O. The highest BCUT2D eigenvalue weighted by molar-refractivity contribution is 5.62. The summed E-state index contributed by atoms with van der Waals surface area (Å²) in [5, 5.41) is 4.30. The number of anilines is 2. The lowest BCUT2D eigenvalue weighted by Gasteiger charge is -2.26. The molecule has 0 amide bonds. The van der Waals surface area contributed by atoms with E-state index >= 15 is 0 Å². The van der Waals surface area contributed by atoms with Gasteiger partial charge in [-0.25, -0.2) is 4.79 Å². The van der Waals surface area contributed by atoms with Crippen LogP contribution in [0.25, 0.3) is 0 Å². The maximum absolute atomic E-state index is 12.8. The maximum Gasteiger partial charge on any atom is 0.330 e. The first-order valence-electron chi connectivity index (χ1n) is 10.8. The van der Waals surface area contributed by atoms with Crippen molar-refractivity contribution in [3.8, 4) is 0 Å². The zero-order chi connectivity index (χ0) is 21.0. The molecule has 0 fully saturated rings. The molecule has 1 aliphatic carbocycles. The van der Waals surface area contributed by atoms with Gasteiger partial charge in [-0.15, -0.1) is 0 Å². The van der Waals surface area contributed by atoms with Crippen LogP contribution in [0, 0.1) is 5.92 Å². The highest BCUT2D eigenvalue weighted by Crippen LogP contribution is 2.27. The molecule has 0 radical (unpaired) electrons. The van der Waals surface area contributed by atoms with Crippen molar-refractivity contribution >= 4 is 11.5 Å². The Morgan fingerprint density at radius 1 is 1.28 bits per heavy atom. The molecule has 0 atom stereocenters. The molecule has 0 aliphatic heterocycles. The highest BCUT2D eigenvalue weighted by Gasteiger charge is 2.24. The first-order valence-corrected chi connectivity index (χ1v) is 10.8. The molecular weight excluding hydrogens is 370 g/mol. The number of nitrogens with two attached hydrogens (primary N) is 1. The Morgan fingerprint density at radius 3 is 2.76 bits per heavy atom. The van der Waals surface area contributed by atoms with Crippen LogP contribution in [0.4, 0.5) is 11.5 Å². The van der Waals surface area contributed by atoms with Gasteiger partial charge in [0.25, 0.3) is 5.56 Å². The normalized spacial score (nSPS) is 13.7.